The molecule has 1 aliphatic heterocycles. The van der Waals surface area contributed by atoms with Gasteiger partial charge < -0.3 is 24.7 Å². The zero-order chi connectivity index (χ0) is 23.8. The number of methoxy groups -OCH3 is 2. The Kier molecular flexibility index (Phi) is 5.65. The number of aromatic nitrogens is 1. The Labute approximate surface area is 199 Å². The Bertz CT molecular complexity index is 1340. The molecule has 6 nitrogen and oxygen atoms in total. The summed E-state index contributed by atoms with van der Waals surface area (Å²) in [6, 6.07) is 19.7. The average molecular weight is 456 g/mol. The lowest BCUT2D eigenvalue weighted by Gasteiger charge is -2.36. The van der Waals surface area contributed by atoms with E-state index in [4.69, 9.17) is 9.47 Å². The number of nitrogens with one attached hydrogen (secondary N) is 2. The second-order valence-electron chi connectivity index (χ2n) is 8.85. The predicted octanol–water partition coefficient (Wildman–Crippen LogP) is 5.98. The number of H-pyrrole nitrogens is 1. The summed E-state index contributed by atoms with van der Waals surface area (Å²) in [5, 5.41) is 4.27. The highest BCUT2D eigenvalue weighted by atomic mass is 16.5. The van der Waals surface area contributed by atoms with Crippen LogP contribution in [0.3, 0.4) is 0 Å². The molecule has 6 heteroatoms. The molecule has 0 radical (unpaired) electrons. The smallest absolute Gasteiger partial charge is 0.322 e. The summed E-state index contributed by atoms with van der Waals surface area (Å²) in [5.74, 6) is 1.61. The van der Waals surface area contributed by atoms with Gasteiger partial charge in [-0.25, -0.2) is 4.79 Å². The maximum Gasteiger partial charge on any atom is 0.322 e. The van der Waals surface area contributed by atoms with E-state index in [1.54, 1.807) is 14.2 Å². The minimum Gasteiger partial charge on any atom is -0.497 e. The number of benzene rings is 3. The van der Waals surface area contributed by atoms with Crippen molar-refractivity contribution in [1.82, 2.24) is 9.88 Å². The SMILES string of the molecule is COc1ccc([C@H]2c3[nH]c4ccc(OC)cc4c3CCN2C(=O)Nc2cc(C)cc(C)c2)cc1. The minimum absolute atomic E-state index is 0.118. The third-order valence-electron chi connectivity index (χ3n) is 6.50. The van der Waals surface area contributed by atoms with Crippen LogP contribution >= 0.6 is 0 Å². The number of aromatic amines is 1. The van der Waals surface area contributed by atoms with Gasteiger partial charge in [-0.2, -0.15) is 0 Å². The summed E-state index contributed by atoms with van der Waals surface area (Å²) >= 11 is 0. The van der Waals surface area contributed by atoms with Crippen LogP contribution in [0.25, 0.3) is 10.9 Å². The number of hydrogen-bond acceptors (Lipinski definition) is 3. The van der Waals surface area contributed by atoms with E-state index in [0.717, 1.165) is 56.9 Å². The lowest BCUT2D eigenvalue weighted by molar-refractivity contribution is 0.193. The van der Waals surface area contributed by atoms with Gasteiger partial charge in [-0.05, 0) is 85.0 Å². The van der Waals surface area contributed by atoms with Crippen LogP contribution in [0.15, 0.2) is 60.7 Å². The van der Waals surface area contributed by atoms with Crippen LogP contribution in [0.1, 0.15) is 34.0 Å². The van der Waals surface area contributed by atoms with Crippen LogP contribution in [-0.4, -0.2) is 36.7 Å². The van der Waals surface area contributed by atoms with Gasteiger partial charge in [-0.3, -0.25) is 0 Å². The number of carbonyl (C=O) groups is 1. The highest BCUT2D eigenvalue weighted by molar-refractivity contribution is 5.92. The van der Waals surface area contributed by atoms with Crippen molar-refractivity contribution in [1.29, 1.82) is 0 Å². The lowest BCUT2D eigenvalue weighted by Crippen LogP contribution is -2.43. The van der Waals surface area contributed by atoms with Crippen molar-refractivity contribution in [3.8, 4) is 11.5 Å². The number of carbonyl (C=O) groups excluding carboxylic acids is 1. The largest absolute Gasteiger partial charge is 0.497 e. The van der Waals surface area contributed by atoms with Crippen molar-refractivity contribution < 1.29 is 14.3 Å². The Morgan fingerprint density at radius 1 is 0.941 bits per heavy atom. The zero-order valence-electron chi connectivity index (χ0n) is 19.9. The molecule has 0 saturated carbocycles. The summed E-state index contributed by atoms with van der Waals surface area (Å²) < 4.78 is 10.8. The lowest BCUT2D eigenvalue weighted by atomic mass is 9.92. The van der Waals surface area contributed by atoms with Crippen LogP contribution in [0.5, 0.6) is 11.5 Å². The molecule has 0 unspecified atom stereocenters. The fourth-order valence-electron chi connectivity index (χ4n) is 4.99. The maximum absolute atomic E-state index is 13.6. The molecule has 2 amide bonds. The number of urea groups is 1. The average Bonchev–Trinajstić information content (AvgIpc) is 3.20. The molecule has 0 fully saturated rings. The van der Waals surface area contributed by atoms with Crippen molar-refractivity contribution in [2.45, 2.75) is 26.3 Å². The van der Waals surface area contributed by atoms with Gasteiger partial charge in [0.15, 0.2) is 0 Å². The molecule has 4 aromatic rings. The Morgan fingerprint density at radius 3 is 2.29 bits per heavy atom. The number of hydrogen-bond donors (Lipinski definition) is 2. The summed E-state index contributed by atoms with van der Waals surface area (Å²) in [4.78, 5) is 19.1. The number of aryl methyl sites for hydroxylation is 2. The van der Waals surface area contributed by atoms with E-state index >= 15 is 0 Å². The van der Waals surface area contributed by atoms with Crippen molar-refractivity contribution in [2.24, 2.45) is 0 Å². The fourth-order valence-corrected chi connectivity index (χ4v) is 4.99. The van der Waals surface area contributed by atoms with Crippen molar-refractivity contribution in [3.05, 3.63) is 88.6 Å². The molecular weight excluding hydrogens is 426 g/mol. The highest BCUT2D eigenvalue weighted by Crippen LogP contribution is 2.40. The minimum atomic E-state index is -0.251. The summed E-state index contributed by atoms with van der Waals surface area (Å²) in [6.45, 7) is 4.67. The molecule has 0 spiro atoms. The molecule has 0 aliphatic carbocycles. The van der Waals surface area contributed by atoms with Crippen LogP contribution in [-0.2, 0) is 6.42 Å². The monoisotopic (exact) mass is 455 g/mol. The molecule has 34 heavy (non-hydrogen) atoms. The van der Waals surface area contributed by atoms with Gasteiger partial charge in [0.1, 0.15) is 11.5 Å². The van der Waals surface area contributed by atoms with E-state index in [1.165, 1.54) is 5.56 Å². The van der Waals surface area contributed by atoms with E-state index in [1.807, 2.05) is 67.3 Å². The van der Waals surface area contributed by atoms with Gasteiger partial charge in [-0.15, -0.1) is 0 Å². The van der Waals surface area contributed by atoms with Gasteiger partial charge in [0.2, 0.25) is 0 Å². The molecule has 1 atom stereocenters. The Hall–Kier alpha value is -3.93. The van der Waals surface area contributed by atoms with E-state index in [0.29, 0.717) is 6.54 Å². The Balaban J connectivity index is 1.58. The molecule has 174 valence electrons. The molecule has 2 N–H and O–H groups in total. The van der Waals surface area contributed by atoms with Crippen LogP contribution < -0.4 is 14.8 Å². The molecule has 3 aromatic carbocycles. The molecule has 1 aromatic heterocycles. The van der Waals surface area contributed by atoms with Gasteiger partial charge in [0, 0.05) is 28.8 Å². The second kappa shape index (κ2) is 8.78. The summed E-state index contributed by atoms with van der Waals surface area (Å²) in [7, 11) is 3.34. The first-order valence-corrected chi connectivity index (χ1v) is 11.4. The number of rotatable bonds is 4. The highest BCUT2D eigenvalue weighted by Gasteiger charge is 2.34. The normalized spacial score (nSPS) is 15.2. The fraction of sp³-hybridized carbons (Fsp3) is 0.250. The van der Waals surface area contributed by atoms with Crippen LogP contribution in [0.4, 0.5) is 10.5 Å². The van der Waals surface area contributed by atoms with Gasteiger partial charge in [0.05, 0.1) is 20.3 Å². The topological polar surface area (TPSA) is 66.6 Å². The van der Waals surface area contributed by atoms with Crippen molar-refractivity contribution >= 4 is 22.6 Å². The number of anilines is 1. The molecule has 0 bridgehead atoms. The number of fused-ring (bicyclic) bond motifs is 3. The number of amides is 2. The van der Waals surface area contributed by atoms with Gasteiger partial charge in [-0.1, -0.05) is 18.2 Å². The van der Waals surface area contributed by atoms with E-state index in [9.17, 15) is 4.79 Å². The van der Waals surface area contributed by atoms with E-state index in [-0.39, 0.29) is 12.1 Å². The third kappa shape index (κ3) is 3.96. The van der Waals surface area contributed by atoms with Crippen LogP contribution in [0.2, 0.25) is 0 Å². The molecule has 5 rings (SSSR count). The summed E-state index contributed by atoms with van der Waals surface area (Å²) in [6.07, 6.45) is 0.759. The van der Waals surface area contributed by atoms with Crippen molar-refractivity contribution in [3.63, 3.8) is 0 Å². The van der Waals surface area contributed by atoms with Crippen LogP contribution in [0, 0.1) is 13.8 Å². The number of ether oxygens (including phenoxy) is 2. The molecule has 1 aliphatic rings. The maximum atomic E-state index is 13.6. The van der Waals surface area contributed by atoms with E-state index < -0.39 is 0 Å². The van der Waals surface area contributed by atoms with Gasteiger partial charge >= 0.3 is 6.03 Å². The predicted molar refractivity (Wildman–Crippen MR) is 135 cm³/mol. The molecule has 2 heterocycles. The standard InChI is InChI=1S/C28H29N3O3/c1-17-13-18(2)15-20(14-17)29-28(32)31-12-11-23-24-16-22(34-4)9-10-25(24)30-26(23)27(31)19-5-7-21(33-3)8-6-19/h5-10,13-16,27,30H,11-12H2,1-4H3,(H,29,32)/t27-/m0/s1. The van der Waals surface area contributed by atoms with E-state index in [2.05, 4.69) is 22.4 Å². The Morgan fingerprint density at radius 2 is 1.62 bits per heavy atom. The summed E-state index contributed by atoms with van der Waals surface area (Å²) in [5.41, 5.74) is 7.38. The molecular formula is C28H29N3O3. The first kappa shape index (κ1) is 21.9. The first-order chi connectivity index (χ1) is 16.5. The third-order valence-corrected chi connectivity index (χ3v) is 6.50. The second-order valence-corrected chi connectivity index (χ2v) is 8.85. The van der Waals surface area contributed by atoms with Crippen molar-refractivity contribution in [2.75, 3.05) is 26.1 Å². The first-order valence-electron chi connectivity index (χ1n) is 11.4. The number of nitrogens with zero attached hydrogens (tertiary/aromatic N) is 1. The zero-order valence-corrected chi connectivity index (χ0v) is 19.9. The quantitative estimate of drug-likeness (QED) is 0.398. The van der Waals surface area contributed by atoms with Gasteiger partial charge in [0.25, 0.3) is 0 Å². The molecule has 0 saturated heterocycles.